The number of benzene rings is 2. The fourth-order valence-electron chi connectivity index (χ4n) is 3.61. The van der Waals surface area contributed by atoms with Crippen molar-refractivity contribution in [2.24, 2.45) is 0 Å². The number of nitrogens with one attached hydrogen (secondary N) is 2. The molecule has 1 saturated heterocycles. The van der Waals surface area contributed by atoms with Gasteiger partial charge in [0.05, 0.1) is 6.04 Å². The third-order valence-corrected chi connectivity index (χ3v) is 6.40. The summed E-state index contributed by atoms with van der Waals surface area (Å²) in [5, 5.41) is 15.1. The summed E-state index contributed by atoms with van der Waals surface area (Å²) in [4.78, 5) is 27.3. The number of carbonyl (C=O) groups is 2. The molecule has 0 spiro atoms. The van der Waals surface area contributed by atoms with Crippen LogP contribution in [0, 0.1) is 20.8 Å². The number of hydrogen-bond acceptors (Lipinski definition) is 5. The number of likely N-dealkylation sites (tertiary alicyclic amines) is 1. The second kappa shape index (κ2) is 8.85. The molecule has 2 heterocycles. The lowest BCUT2D eigenvalue weighted by atomic mass is 10.1. The first kappa shape index (κ1) is 21.0. The molecule has 1 atom stereocenters. The van der Waals surface area contributed by atoms with E-state index in [-0.39, 0.29) is 23.0 Å². The number of rotatable bonds is 4. The van der Waals surface area contributed by atoms with Crippen LogP contribution in [0.1, 0.15) is 50.4 Å². The van der Waals surface area contributed by atoms with Gasteiger partial charge in [0.25, 0.3) is 5.91 Å². The highest BCUT2D eigenvalue weighted by Gasteiger charge is 2.33. The lowest BCUT2D eigenvalue weighted by Gasteiger charge is -2.23. The molecular formula is C23H25N5O2S. The average Bonchev–Trinajstić information content (AvgIpc) is 3.42. The molecule has 8 heteroatoms. The molecule has 7 nitrogen and oxygen atoms in total. The normalized spacial score (nSPS) is 15.7. The van der Waals surface area contributed by atoms with Crippen molar-refractivity contribution in [3.8, 4) is 0 Å². The highest BCUT2D eigenvalue weighted by atomic mass is 32.1. The summed E-state index contributed by atoms with van der Waals surface area (Å²) in [6.45, 7) is 6.61. The van der Waals surface area contributed by atoms with Crippen LogP contribution in [0.2, 0.25) is 0 Å². The van der Waals surface area contributed by atoms with Crippen LogP contribution in [0.15, 0.2) is 42.5 Å². The number of aryl methyl sites for hydroxylation is 3. The van der Waals surface area contributed by atoms with Gasteiger partial charge in [-0.2, -0.15) is 0 Å². The summed E-state index contributed by atoms with van der Waals surface area (Å²) in [5.41, 5.74) is 4.75. The van der Waals surface area contributed by atoms with Gasteiger partial charge >= 0.3 is 6.03 Å². The Bertz CT molecular complexity index is 1110. The zero-order chi connectivity index (χ0) is 22.0. The number of amides is 3. The number of aromatic nitrogens is 2. The second-order valence-corrected chi connectivity index (χ2v) is 8.87. The molecule has 3 amide bonds. The predicted molar refractivity (Wildman–Crippen MR) is 123 cm³/mol. The Morgan fingerprint density at radius 3 is 2.52 bits per heavy atom. The monoisotopic (exact) mass is 435 g/mol. The molecule has 1 aliphatic heterocycles. The van der Waals surface area contributed by atoms with Gasteiger partial charge in [-0.05, 0) is 62.9 Å². The summed E-state index contributed by atoms with van der Waals surface area (Å²) >= 11 is 1.24. The number of anilines is 2. The summed E-state index contributed by atoms with van der Waals surface area (Å²) in [5.74, 6) is -0.294. The second-order valence-electron chi connectivity index (χ2n) is 7.87. The van der Waals surface area contributed by atoms with Crippen LogP contribution >= 0.6 is 11.3 Å². The number of hydrogen-bond donors (Lipinski definition) is 2. The Morgan fingerprint density at radius 1 is 1.00 bits per heavy atom. The SMILES string of the molecule is Cc1ccc(NC(=O)c2nnc(C3CCCN3C(=O)Nc3cc(C)ccc3C)s2)cc1. The van der Waals surface area contributed by atoms with E-state index in [1.54, 1.807) is 4.90 Å². The van der Waals surface area contributed by atoms with Crippen molar-refractivity contribution < 1.29 is 9.59 Å². The summed E-state index contributed by atoms with van der Waals surface area (Å²) < 4.78 is 0. The minimum absolute atomic E-state index is 0.156. The van der Waals surface area contributed by atoms with E-state index in [4.69, 9.17) is 0 Å². The molecule has 1 fully saturated rings. The summed E-state index contributed by atoms with van der Waals surface area (Å²) in [6, 6.07) is 13.2. The van der Waals surface area contributed by atoms with Crippen molar-refractivity contribution in [2.75, 3.05) is 17.2 Å². The van der Waals surface area contributed by atoms with Crippen LogP contribution in [-0.4, -0.2) is 33.6 Å². The lowest BCUT2D eigenvalue weighted by molar-refractivity contribution is 0.102. The van der Waals surface area contributed by atoms with Gasteiger partial charge in [-0.3, -0.25) is 4.79 Å². The molecule has 0 saturated carbocycles. The van der Waals surface area contributed by atoms with Gasteiger partial charge in [0.2, 0.25) is 5.01 Å². The van der Waals surface area contributed by atoms with Crippen molar-refractivity contribution in [1.82, 2.24) is 15.1 Å². The Morgan fingerprint density at radius 2 is 1.74 bits per heavy atom. The van der Waals surface area contributed by atoms with Gasteiger partial charge in [0.15, 0.2) is 0 Å². The van der Waals surface area contributed by atoms with E-state index >= 15 is 0 Å². The van der Waals surface area contributed by atoms with Gasteiger partial charge in [0, 0.05) is 17.9 Å². The van der Waals surface area contributed by atoms with Crippen molar-refractivity contribution >= 4 is 34.6 Å². The standard InChI is InChI=1S/C23H25N5O2S/c1-14-7-10-17(11-8-14)24-20(29)22-27-26-21(31-22)19-5-4-12-28(19)23(30)25-18-13-15(2)6-9-16(18)3/h6-11,13,19H,4-5,12H2,1-3H3,(H,24,29)(H,25,30). The first-order valence-electron chi connectivity index (χ1n) is 10.3. The molecule has 3 aromatic rings. The fourth-order valence-corrected chi connectivity index (χ4v) is 4.49. The molecule has 1 aromatic heterocycles. The fraction of sp³-hybridized carbons (Fsp3) is 0.304. The van der Waals surface area contributed by atoms with Crippen LogP contribution < -0.4 is 10.6 Å². The van der Waals surface area contributed by atoms with Gasteiger partial charge in [-0.25, -0.2) is 4.79 Å². The first-order valence-corrected chi connectivity index (χ1v) is 11.1. The van der Waals surface area contributed by atoms with Crippen molar-refractivity contribution in [1.29, 1.82) is 0 Å². The minimum atomic E-state index is -0.294. The molecule has 0 aliphatic carbocycles. The molecule has 31 heavy (non-hydrogen) atoms. The van der Waals surface area contributed by atoms with Gasteiger partial charge in [0.1, 0.15) is 5.01 Å². The Labute approximate surface area is 185 Å². The van der Waals surface area contributed by atoms with Crippen LogP contribution in [0.3, 0.4) is 0 Å². The third kappa shape index (κ3) is 4.74. The highest BCUT2D eigenvalue weighted by Crippen LogP contribution is 2.34. The number of nitrogens with zero attached hydrogens (tertiary/aromatic N) is 3. The molecule has 2 N–H and O–H groups in total. The smallest absolute Gasteiger partial charge is 0.320 e. The Hall–Kier alpha value is -3.26. The quantitative estimate of drug-likeness (QED) is 0.598. The Kier molecular flexibility index (Phi) is 5.99. The molecule has 0 radical (unpaired) electrons. The van der Waals surface area contributed by atoms with E-state index in [2.05, 4.69) is 20.8 Å². The van der Waals surface area contributed by atoms with Crippen LogP contribution in [0.5, 0.6) is 0 Å². The van der Waals surface area contributed by atoms with E-state index in [1.165, 1.54) is 11.3 Å². The van der Waals surface area contributed by atoms with Crippen molar-refractivity contribution in [3.63, 3.8) is 0 Å². The summed E-state index contributed by atoms with van der Waals surface area (Å²) in [7, 11) is 0. The molecule has 0 bridgehead atoms. The molecule has 2 aromatic carbocycles. The van der Waals surface area contributed by atoms with Crippen molar-refractivity contribution in [2.45, 2.75) is 39.7 Å². The number of carbonyl (C=O) groups excluding carboxylic acids is 2. The zero-order valence-corrected chi connectivity index (χ0v) is 18.6. The van der Waals surface area contributed by atoms with Crippen LogP contribution in [-0.2, 0) is 0 Å². The molecule has 160 valence electrons. The first-order chi connectivity index (χ1) is 14.9. The largest absolute Gasteiger partial charge is 0.322 e. The number of urea groups is 1. The van der Waals surface area contributed by atoms with E-state index in [0.717, 1.165) is 35.2 Å². The minimum Gasteiger partial charge on any atom is -0.320 e. The van der Waals surface area contributed by atoms with E-state index < -0.39 is 0 Å². The molecule has 1 aliphatic rings. The molecule has 1 unspecified atom stereocenters. The summed E-state index contributed by atoms with van der Waals surface area (Å²) in [6.07, 6.45) is 1.68. The maximum atomic E-state index is 13.0. The average molecular weight is 436 g/mol. The lowest BCUT2D eigenvalue weighted by Crippen LogP contribution is -2.34. The van der Waals surface area contributed by atoms with E-state index in [0.29, 0.717) is 17.2 Å². The zero-order valence-electron chi connectivity index (χ0n) is 17.8. The van der Waals surface area contributed by atoms with Gasteiger partial charge in [-0.1, -0.05) is 41.2 Å². The maximum absolute atomic E-state index is 13.0. The van der Waals surface area contributed by atoms with Crippen LogP contribution in [0.4, 0.5) is 16.2 Å². The van der Waals surface area contributed by atoms with Crippen molar-refractivity contribution in [3.05, 3.63) is 69.2 Å². The van der Waals surface area contributed by atoms with Crippen LogP contribution in [0.25, 0.3) is 0 Å². The maximum Gasteiger partial charge on any atom is 0.322 e. The molecular weight excluding hydrogens is 410 g/mol. The van der Waals surface area contributed by atoms with E-state index in [1.807, 2.05) is 63.2 Å². The van der Waals surface area contributed by atoms with Gasteiger partial charge in [-0.15, -0.1) is 10.2 Å². The Balaban J connectivity index is 1.45. The third-order valence-electron chi connectivity index (χ3n) is 5.38. The molecule has 4 rings (SSSR count). The van der Waals surface area contributed by atoms with E-state index in [9.17, 15) is 9.59 Å². The predicted octanol–water partition coefficient (Wildman–Crippen LogP) is 5.08. The highest BCUT2D eigenvalue weighted by molar-refractivity contribution is 7.13. The van der Waals surface area contributed by atoms with Gasteiger partial charge < -0.3 is 15.5 Å². The topological polar surface area (TPSA) is 87.2 Å².